The van der Waals surface area contributed by atoms with E-state index in [2.05, 4.69) is 0 Å². The lowest BCUT2D eigenvalue weighted by molar-refractivity contribution is -0.148. The number of aliphatic hydroxyl groups is 1. The van der Waals surface area contributed by atoms with Gasteiger partial charge in [0.2, 0.25) is 0 Å². The molecule has 0 aliphatic rings. The molecule has 8 heavy (non-hydrogen) atoms. The molecule has 0 heterocycles. The minimum Gasteiger partial charge on any atom is -0.475 e. The third kappa shape index (κ3) is 1.51. The topological polar surface area (TPSA) is 74.6 Å². The van der Waals surface area contributed by atoms with Crippen LogP contribution in [0.4, 0.5) is 0 Å². The first-order valence-electron chi connectivity index (χ1n) is 1.77. The van der Waals surface area contributed by atoms with Gasteiger partial charge in [0.1, 0.15) is 0 Å². The summed E-state index contributed by atoms with van der Waals surface area (Å²) in [7, 11) is 0. The Bertz CT molecular complexity index is 118. The maximum atomic E-state index is 9.78. The van der Waals surface area contributed by atoms with Gasteiger partial charge in [0.25, 0.3) is 0 Å². The van der Waals surface area contributed by atoms with Crippen molar-refractivity contribution >= 4 is 17.6 Å². The summed E-state index contributed by atoms with van der Waals surface area (Å²) in [6.45, 7) is 0.924. The van der Waals surface area contributed by atoms with Crippen LogP contribution in [0.25, 0.3) is 0 Å². The molecule has 0 spiro atoms. The van der Waals surface area contributed by atoms with E-state index in [1.54, 1.807) is 0 Å². The van der Waals surface area contributed by atoms with Crippen LogP contribution in [0.3, 0.4) is 0 Å². The van der Waals surface area contributed by atoms with Gasteiger partial charge in [-0.05, 0) is 0 Å². The molecule has 0 aliphatic heterocycles. The molecule has 0 aromatic carbocycles. The zero-order chi connectivity index (χ0) is 6.78. The van der Waals surface area contributed by atoms with Crippen molar-refractivity contribution < 1.29 is 19.2 Å². The highest BCUT2D eigenvalue weighted by Gasteiger charge is 2.45. The van der Waals surface area contributed by atoms with Crippen LogP contribution in [0, 0.1) is 0 Å². The lowest BCUT2D eigenvalue weighted by Crippen LogP contribution is -2.33. The Morgan fingerprint density at radius 2 is 2.12 bits per heavy atom. The van der Waals surface area contributed by atoms with Crippen molar-refractivity contribution in [1.82, 2.24) is 0 Å². The number of carboxylic acids is 1. The molecule has 0 rings (SSSR count). The summed E-state index contributed by atoms with van der Waals surface area (Å²) in [5.41, 5.74) is 0. The van der Waals surface area contributed by atoms with Gasteiger partial charge in [-0.1, -0.05) is 0 Å². The van der Waals surface area contributed by atoms with Crippen molar-refractivity contribution in [2.24, 2.45) is 0 Å². The van der Waals surface area contributed by atoms with E-state index in [1.807, 2.05) is 0 Å². The van der Waals surface area contributed by atoms with Crippen molar-refractivity contribution in [3.8, 4) is 0 Å². The maximum Gasteiger partial charge on any atom is 0.509 e. The molecule has 0 saturated heterocycles. The molecule has 0 aromatic rings. The number of rotatable bonds is 2. The van der Waals surface area contributed by atoms with E-state index >= 15 is 0 Å². The average molecular weight is 137 g/mol. The Hall–Kier alpha value is -0.550. The summed E-state index contributed by atoms with van der Waals surface area (Å²) in [5, 5.41) is 16.4. The predicted octanol–water partition coefficient (Wildman–Crippen LogP) is -0.792. The molecule has 0 bridgehead atoms. The van der Waals surface area contributed by atoms with Crippen LogP contribution in [0.2, 0.25) is 0 Å². The Morgan fingerprint density at radius 3 is 2.12 bits per heavy atom. The lowest BCUT2D eigenvalue weighted by Gasteiger charge is -1.91. The first-order valence-corrected chi connectivity index (χ1v) is 2.51. The van der Waals surface area contributed by atoms with Gasteiger partial charge in [0, 0.05) is 11.1 Å². The molecule has 4 nitrogen and oxygen atoms in total. The number of carbonyl (C=O) groups is 1. The summed E-state index contributed by atoms with van der Waals surface area (Å²) < 4.78 is 9.68. The summed E-state index contributed by atoms with van der Waals surface area (Å²) in [6, 6.07) is 0. The van der Waals surface area contributed by atoms with Crippen molar-refractivity contribution in [1.29, 1.82) is 0 Å². The van der Waals surface area contributed by atoms with Gasteiger partial charge in [-0.2, -0.15) is 0 Å². The van der Waals surface area contributed by atoms with Gasteiger partial charge in [-0.3, -0.25) is 0 Å². The fourth-order valence-corrected chi connectivity index (χ4v) is 0.107. The van der Waals surface area contributed by atoms with Crippen LogP contribution in [0.1, 0.15) is 6.92 Å². The molecule has 0 aliphatic carbocycles. The first kappa shape index (κ1) is 7.45. The molecule has 0 fully saturated rings. The van der Waals surface area contributed by atoms with Crippen molar-refractivity contribution in [3.63, 3.8) is 0 Å². The quantitative estimate of drug-likeness (QED) is 0.386. The lowest BCUT2D eigenvalue weighted by atomic mass is 10.4. The first-order chi connectivity index (χ1) is 3.50. The molecule has 0 radical (unpaired) electrons. The number of carboxylic acid groups (broad SMARTS) is 1. The fraction of sp³-hybridized carbons (Fsp3) is 0.667. The van der Waals surface area contributed by atoms with E-state index in [9.17, 15) is 9.00 Å². The highest BCUT2D eigenvalue weighted by Crippen LogP contribution is 1.99. The monoisotopic (exact) mass is 137 g/mol. The number of hydrogen-bond donors (Lipinski definition) is 2. The molecule has 5 heteroatoms. The molecule has 46 valence electrons. The predicted molar refractivity (Wildman–Crippen MR) is 26.3 cm³/mol. The molecule has 1 atom stereocenters. The van der Waals surface area contributed by atoms with Gasteiger partial charge in [-0.15, -0.1) is 0 Å². The second-order valence-electron chi connectivity index (χ2n) is 1.37. The van der Waals surface area contributed by atoms with E-state index in [4.69, 9.17) is 10.2 Å². The van der Waals surface area contributed by atoms with Crippen molar-refractivity contribution in [2.45, 2.75) is 11.9 Å². The number of aliphatic carboxylic acids is 1. The Labute approximate surface area is 49.6 Å². The third-order valence-electron chi connectivity index (χ3n) is 0.559. The van der Waals surface area contributed by atoms with Gasteiger partial charge in [0.05, 0.1) is 0 Å². The molecule has 2 N–H and O–H groups in total. The fourth-order valence-electron chi connectivity index (χ4n) is 0.0356. The van der Waals surface area contributed by atoms with Gasteiger partial charge in [0.15, 0.2) is 0 Å². The largest absolute Gasteiger partial charge is 0.509 e. The van der Waals surface area contributed by atoms with Gasteiger partial charge >= 0.3 is 22.6 Å². The van der Waals surface area contributed by atoms with E-state index in [-0.39, 0.29) is 11.7 Å². The third-order valence-corrected chi connectivity index (χ3v) is 1.06. The van der Waals surface area contributed by atoms with Crippen molar-refractivity contribution in [2.75, 3.05) is 0 Å². The Balaban J connectivity index is 4.12. The molecular weight excluding hydrogens is 132 g/mol. The minimum atomic E-state index is -2.18. The van der Waals surface area contributed by atoms with E-state index in [0.717, 1.165) is 6.92 Å². The van der Waals surface area contributed by atoms with Gasteiger partial charge in [-0.25, -0.2) is 4.79 Å². The van der Waals surface area contributed by atoms with Crippen LogP contribution in [0.5, 0.6) is 0 Å². The maximum absolute atomic E-state index is 9.78. The van der Waals surface area contributed by atoms with Crippen LogP contribution >= 0.6 is 0 Å². The zero-order valence-corrected chi connectivity index (χ0v) is 4.94. The molecular formula is C3H5O4S+. The standard InChI is InChI=1S/C3H4O4S/c1-3(6,8-7)2(4)5/h6H,1H3/p+1. The Kier molecular flexibility index (Phi) is 2.00. The minimum absolute atomic E-state index is 0.359. The molecule has 1 unspecified atom stereocenters. The van der Waals surface area contributed by atoms with Crippen LogP contribution < -0.4 is 0 Å². The van der Waals surface area contributed by atoms with Crippen LogP contribution in [-0.2, 0) is 20.7 Å². The average Bonchev–Trinajstić information content (AvgIpc) is 1.67. The Morgan fingerprint density at radius 1 is 1.75 bits per heavy atom. The van der Waals surface area contributed by atoms with E-state index < -0.39 is 10.9 Å². The second-order valence-corrected chi connectivity index (χ2v) is 2.33. The number of hydrogen-bond acceptors (Lipinski definition) is 3. The van der Waals surface area contributed by atoms with E-state index in [1.165, 1.54) is 0 Å². The highest BCUT2D eigenvalue weighted by atomic mass is 32.1. The molecule has 0 amide bonds. The summed E-state index contributed by atoms with van der Waals surface area (Å²) >= 11 is -0.359. The van der Waals surface area contributed by atoms with Crippen molar-refractivity contribution in [3.05, 3.63) is 0 Å². The SMILES string of the molecule is CC(O)([S+]=O)C(=O)O. The molecule has 0 aromatic heterocycles. The second kappa shape index (κ2) is 2.15. The zero-order valence-electron chi connectivity index (χ0n) is 4.12. The van der Waals surface area contributed by atoms with Crippen LogP contribution in [-0.4, -0.2) is 21.1 Å². The summed E-state index contributed by atoms with van der Waals surface area (Å²) in [5.74, 6) is -1.52. The summed E-state index contributed by atoms with van der Waals surface area (Å²) in [6.07, 6.45) is 0. The molecule has 0 saturated carbocycles. The normalized spacial score (nSPS) is 16.8. The summed E-state index contributed by atoms with van der Waals surface area (Å²) in [4.78, 5) is 7.60. The smallest absolute Gasteiger partial charge is 0.475 e. The van der Waals surface area contributed by atoms with Crippen LogP contribution in [0.15, 0.2) is 0 Å². The highest BCUT2D eigenvalue weighted by molar-refractivity contribution is 7.68. The van der Waals surface area contributed by atoms with Gasteiger partial charge < -0.3 is 10.2 Å². The van der Waals surface area contributed by atoms with E-state index in [0.29, 0.717) is 0 Å².